The fourth-order valence-corrected chi connectivity index (χ4v) is 2.85. The third kappa shape index (κ3) is 3.56. The van der Waals surface area contributed by atoms with E-state index in [2.05, 4.69) is 20.8 Å². The van der Waals surface area contributed by atoms with Gasteiger partial charge in [0.25, 0.3) is 0 Å². The summed E-state index contributed by atoms with van der Waals surface area (Å²) in [6.45, 7) is 8.47. The lowest BCUT2D eigenvalue weighted by Gasteiger charge is -2.50. The van der Waals surface area contributed by atoms with Crippen LogP contribution in [0.1, 0.15) is 59.8 Å². The molecule has 0 heterocycles. The highest BCUT2D eigenvalue weighted by atomic mass is 16.5. The average Bonchev–Trinajstić information content (AvgIpc) is 2.29. The van der Waals surface area contributed by atoms with Gasteiger partial charge in [-0.15, -0.1) is 0 Å². The van der Waals surface area contributed by atoms with E-state index in [0.29, 0.717) is 18.9 Å². The molecule has 0 aromatic heterocycles. The van der Waals surface area contributed by atoms with Crippen LogP contribution in [-0.4, -0.2) is 18.4 Å². The van der Waals surface area contributed by atoms with Crippen LogP contribution in [0.15, 0.2) is 0 Å². The second-order valence-electron chi connectivity index (χ2n) is 6.05. The van der Waals surface area contributed by atoms with Crippen LogP contribution in [0.4, 0.5) is 0 Å². The third-order valence-electron chi connectivity index (χ3n) is 4.39. The van der Waals surface area contributed by atoms with Crippen LogP contribution in [0.3, 0.4) is 0 Å². The highest BCUT2D eigenvalue weighted by Crippen LogP contribution is 2.53. The Morgan fingerprint density at radius 1 is 1.28 bits per heavy atom. The molecule has 3 nitrogen and oxygen atoms in total. The van der Waals surface area contributed by atoms with Crippen molar-refractivity contribution in [2.75, 3.05) is 6.61 Å². The Kier molecular flexibility index (Phi) is 5.36. The topological polar surface area (TPSA) is 43.4 Å². The monoisotopic (exact) mass is 254 g/mol. The fraction of sp³-hybridized carbons (Fsp3) is 0.867. The zero-order valence-electron chi connectivity index (χ0n) is 12.1. The summed E-state index contributed by atoms with van der Waals surface area (Å²) < 4.78 is 5.22. The lowest BCUT2D eigenvalue weighted by molar-refractivity contribution is -0.153. The van der Waals surface area contributed by atoms with Crippen molar-refractivity contribution in [1.82, 2.24) is 0 Å². The van der Waals surface area contributed by atoms with Crippen molar-refractivity contribution in [3.63, 3.8) is 0 Å². The first-order valence-electron chi connectivity index (χ1n) is 7.05. The summed E-state index contributed by atoms with van der Waals surface area (Å²) in [4.78, 5) is 23.1. The molecule has 2 atom stereocenters. The number of ether oxygens (including phenoxy) is 1. The minimum atomic E-state index is -0.105. The van der Waals surface area contributed by atoms with Gasteiger partial charge in [-0.1, -0.05) is 33.6 Å². The molecule has 0 N–H and O–H groups in total. The first-order chi connectivity index (χ1) is 8.39. The van der Waals surface area contributed by atoms with Crippen LogP contribution in [0.5, 0.6) is 0 Å². The van der Waals surface area contributed by atoms with Gasteiger partial charge in [-0.2, -0.15) is 0 Å². The molecule has 3 heteroatoms. The molecule has 0 spiro atoms. The van der Waals surface area contributed by atoms with Gasteiger partial charge in [0.05, 0.1) is 6.61 Å². The molecule has 0 aliphatic heterocycles. The summed E-state index contributed by atoms with van der Waals surface area (Å²) >= 11 is 0. The smallest absolute Gasteiger partial charge is 0.306 e. The van der Waals surface area contributed by atoms with Crippen molar-refractivity contribution in [2.24, 2.45) is 17.3 Å². The second-order valence-corrected chi connectivity index (χ2v) is 6.05. The molecule has 1 aliphatic carbocycles. The predicted octanol–water partition coefficient (Wildman–Crippen LogP) is 3.36. The summed E-state index contributed by atoms with van der Waals surface area (Å²) in [6, 6.07) is 0. The van der Waals surface area contributed by atoms with E-state index in [0.717, 1.165) is 25.7 Å². The molecule has 0 amide bonds. The molecule has 0 aromatic rings. The Hall–Kier alpha value is -0.860. The number of hydrogen-bond donors (Lipinski definition) is 0. The summed E-state index contributed by atoms with van der Waals surface area (Å²) in [5, 5.41) is 0. The highest BCUT2D eigenvalue weighted by Gasteiger charge is 2.50. The minimum absolute atomic E-state index is 0.0473. The second kappa shape index (κ2) is 6.35. The maximum atomic E-state index is 11.7. The SMILES string of the molecule is CCCCCOC(=O)CC1CC(C(C)=O)C1(C)C. The Balaban J connectivity index is 2.28. The lowest BCUT2D eigenvalue weighted by atomic mass is 9.53. The van der Waals surface area contributed by atoms with Crippen LogP contribution >= 0.6 is 0 Å². The van der Waals surface area contributed by atoms with Gasteiger partial charge in [-0.3, -0.25) is 9.59 Å². The van der Waals surface area contributed by atoms with Crippen LogP contribution < -0.4 is 0 Å². The van der Waals surface area contributed by atoms with E-state index in [9.17, 15) is 9.59 Å². The Bertz CT molecular complexity index is 307. The molecule has 0 saturated heterocycles. The quantitative estimate of drug-likeness (QED) is 0.517. The van der Waals surface area contributed by atoms with Crippen LogP contribution in [0.2, 0.25) is 0 Å². The van der Waals surface area contributed by atoms with E-state index in [1.54, 1.807) is 6.92 Å². The first-order valence-corrected chi connectivity index (χ1v) is 7.05. The zero-order chi connectivity index (χ0) is 13.8. The number of hydrogen-bond acceptors (Lipinski definition) is 3. The number of esters is 1. The van der Waals surface area contributed by atoms with Crippen molar-refractivity contribution in [2.45, 2.75) is 59.8 Å². The molecule has 1 saturated carbocycles. The molecule has 2 unspecified atom stereocenters. The van der Waals surface area contributed by atoms with E-state index >= 15 is 0 Å². The summed E-state index contributed by atoms with van der Waals surface area (Å²) in [5.41, 5.74) is -0.0473. The molecular weight excluding hydrogens is 228 g/mol. The first kappa shape index (κ1) is 15.2. The number of rotatable bonds is 7. The van der Waals surface area contributed by atoms with Gasteiger partial charge in [0.15, 0.2) is 0 Å². The standard InChI is InChI=1S/C15H26O3/c1-5-6-7-8-18-14(17)10-12-9-13(11(2)16)15(12,3)4/h12-13H,5-10H2,1-4H3. The highest BCUT2D eigenvalue weighted by molar-refractivity contribution is 5.81. The van der Waals surface area contributed by atoms with Crippen molar-refractivity contribution in [3.05, 3.63) is 0 Å². The maximum absolute atomic E-state index is 11.7. The van der Waals surface area contributed by atoms with Gasteiger partial charge in [0, 0.05) is 12.3 Å². The molecule has 1 fully saturated rings. The Morgan fingerprint density at radius 3 is 2.44 bits per heavy atom. The van der Waals surface area contributed by atoms with Gasteiger partial charge in [-0.05, 0) is 31.1 Å². The van der Waals surface area contributed by atoms with E-state index in [1.807, 2.05) is 0 Å². The van der Waals surface area contributed by atoms with Crippen molar-refractivity contribution >= 4 is 11.8 Å². The normalized spacial score (nSPS) is 25.3. The molecule has 0 aromatic carbocycles. The predicted molar refractivity (Wildman–Crippen MR) is 71.2 cm³/mol. The summed E-state index contributed by atoms with van der Waals surface area (Å²) in [5.74, 6) is 0.555. The van der Waals surface area contributed by atoms with Crippen molar-refractivity contribution < 1.29 is 14.3 Å². The number of ketones is 1. The van der Waals surface area contributed by atoms with Crippen LogP contribution in [0.25, 0.3) is 0 Å². The van der Waals surface area contributed by atoms with Crippen molar-refractivity contribution in [3.8, 4) is 0 Å². The third-order valence-corrected chi connectivity index (χ3v) is 4.39. The van der Waals surface area contributed by atoms with E-state index in [1.165, 1.54) is 0 Å². The molecule has 0 radical (unpaired) electrons. The Labute approximate surface area is 110 Å². The molecular formula is C15H26O3. The fourth-order valence-electron chi connectivity index (χ4n) is 2.85. The van der Waals surface area contributed by atoms with Gasteiger partial charge in [0.1, 0.15) is 5.78 Å². The largest absolute Gasteiger partial charge is 0.466 e. The van der Waals surface area contributed by atoms with E-state index in [4.69, 9.17) is 4.74 Å². The summed E-state index contributed by atoms with van der Waals surface area (Å²) in [6.07, 6.45) is 4.49. The molecule has 18 heavy (non-hydrogen) atoms. The van der Waals surface area contributed by atoms with Gasteiger partial charge < -0.3 is 4.74 Å². The number of carbonyl (C=O) groups excluding carboxylic acids is 2. The maximum Gasteiger partial charge on any atom is 0.306 e. The number of carbonyl (C=O) groups is 2. The minimum Gasteiger partial charge on any atom is -0.466 e. The van der Waals surface area contributed by atoms with E-state index < -0.39 is 0 Å². The lowest BCUT2D eigenvalue weighted by Crippen LogP contribution is -2.49. The van der Waals surface area contributed by atoms with Gasteiger partial charge in [-0.25, -0.2) is 0 Å². The molecule has 1 aliphatic rings. The van der Waals surface area contributed by atoms with Gasteiger partial charge in [0.2, 0.25) is 0 Å². The summed E-state index contributed by atoms with van der Waals surface area (Å²) in [7, 11) is 0. The molecule has 0 bridgehead atoms. The van der Waals surface area contributed by atoms with Crippen molar-refractivity contribution in [1.29, 1.82) is 0 Å². The van der Waals surface area contributed by atoms with Gasteiger partial charge >= 0.3 is 5.97 Å². The zero-order valence-corrected chi connectivity index (χ0v) is 12.1. The Morgan fingerprint density at radius 2 is 1.94 bits per heavy atom. The molecule has 104 valence electrons. The van der Waals surface area contributed by atoms with E-state index in [-0.39, 0.29) is 23.1 Å². The molecule has 1 rings (SSSR count). The van der Waals surface area contributed by atoms with Crippen LogP contribution in [-0.2, 0) is 14.3 Å². The average molecular weight is 254 g/mol. The number of unbranched alkanes of at least 4 members (excludes halogenated alkanes) is 2. The number of Topliss-reactive ketones (excluding diaryl/α,β-unsaturated/α-hetero) is 1. The van der Waals surface area contributed by atoms with Crippen LogP contribution in [0, 0.1) is 17.3 Å².